The maximum atomic E-state index is 12.1. The summed E-state index contributed by atoms with van der Waals surface area (Å²) in [6.45, 7) is 6.26. The van der Waals surface area contributed by atoms with Gasteiger partial charge >= 0.3 is 102 Å². The fourth-order valence-corrected chi connectivity index (χ4v) is 7.24. The molecule has 2 amide bonds. The van der Waals surface area contributed by atoms with Gasteiger partial charge in [-0.1, -0.05) is 63.2 Å². The average Bonchev–Trinajstić information content (AvgIpc) is 3.00. The first-order chi connectivity index (χ1) is 19.8. The van der Waals surface area contributed by atoms with Crippen LogP contribution >= 0.6 is 0 Å². The van der Waals surface area contributed by atoms with E-state index in [1.807, 2.05) is 30.3 Å². The van der Waals surface area contributed by atoms with Gasteiger partial charge in [0.25, 0.3) is 11.8 Å². The molecule has 0 aliphatic heterocycles. The number of carbonyl (C=O) groups excluding carboxylic acids is 3. The van der Waals surface area contributed by atoms with Crippen LogP contribution in [0.3, 0.4) is 0 Å². The molecule has 4 aromatic rings. The van der Waals surface area contributed by atoms with E-state index in [4.69, 9.17) is 0 Å². The minimum absolute atomic E-state index is 0.00961. The molecule has 2 N–H and O–H groups in total. The number of benzene rings is 4. The first-order valence-electron chi connectivity index (χ1n) is 13.5. The quantitative estimate of drug-likeness (QED) is 0.109. The zero-order valence-electron chi connectivity index (χ0n) is 23.8. The number of rotatable bonds is 8. The molecule has 41 heavy (non-hydrogen) atoms. The summed E-state index contributed by atoms with van der Waals surface area (Å²) in [4.78, 5) is 35.3. The number of carbonyl (C=O) groups is 2. The normalized spacial score (nSPS) is 10.4. The van der Waals surface area contributed by atoms with Crippen molar-refractivity contribution < 1.29 is 14.4 Å². The summed E-state index contributed by atoms with van der Waals surface area (Å²) >= 11 is -0.258. The molecule has 208 valence electrons. The van der Waals surface area contributed by atoms with Crippen molar-refractivity contribution in [2.75, 3.05) is 0 Å². The van der Waals surface area contributed by atoms with Crippen LogP contribution in [0.25, 0.3) is 0 Å². The summed E-state index contributed by atoms with van der Waals surface area (Å²) in [7, 11) is 0. The van der Waals surface area contributed by atoms with Gasteiger partial charge in [0.1, 0.15) is 11.5 Å². The van der Waals surface area contributed by atoms with Crippen molar-refractivity contribution in [3.63, 3.8) is 0 Å². The van der Waals surface area contributed by atoms with Crippen LogP contribution in [0.2, 0.25) is 0 Å². The van der Waals surface area contributed by atoms with E-state index in [2.05, 4.69) is 92.3 Å². The van der Waals surface area contributed by atoms with E-state index in [9.17, 15) is 14.4 Å². The third-order valence-corrected chi connectivity index (χ3v) is 10.0. The molecule has 0 saturated carbocycles. The van der Waals surface area contributed by atoms with Gasteiger partial charge in [-0.3, -0.25) is 20.4 Å². The average molecular weight is 651 g/mol. The fraction of sp³-hybridized carbons (Fsp3) is 0.200. The molecular formula is C35H36N2O3Sn. The van der Waals surface area contributed by atoms with Crippen LogP contribution in [0, 0.1) is 0 Å². The van der Waals surface area contributed by atoms with Gasteiger partial charge in [-0.25, -0.2) is 4.79 Å². The maximum absolute atomic E-state index is 12.1. The minimum atomic E-state index is -0.677. The van der Waals surface area contributed by atoms with Gasteiger partial charge in [0.2, 0.25) is 0 Å². The predicted molar refractivity (Wildman–Crippen MR) is 166 cm³/mol. The first kappa shape index (κ1) is 31.6. The number of hydrogen-bond donors (Lipinski definition) is 2. The second-order valence-corrected chi connectivity index (χ2v) is 14.0. The van der Waals surface area contributed by atoms with Crippen LogP contribution in [0.4, 0.5) is 0 Å². The molecule has 5 nitrogen and oxygen atoms in total. The standard InChI is InChI=1S/C21H22N2O3.2C7H7.Sn/c1-21(2,3)18-11-9-16(10-12-18)19(25)22-23-20(26)17(14-24)13-15-7-5-4-6-8-15;2*1-7-5-3-2-4-6-7;/h4-12H,13H2,1-3H3,(H,22,25)(H,23,26);2*2-6H,1H2;. The van der Waals surface area contributed by atoms with E-state index in [1.54, 1.807) is 30.2 Å². The Morgan fingerprint density at radius 2 is 1.12 bits per heavy atom. The van der Waals surface area contributed by atoms with E-state index in [0.29, 0.717) is 5.56 Å². The molecule has 4 aromatic carbocycles. The first-order valence-corrected chi connectivity index (χ1v) is 17.6. The summed E-state index contributed by atoms with van der Waals surface area (Å²) < 4.78 is 2.69. The summed E-state index contributed by atoms with van der Waals surface area (Å²) in [5.41, 5.74) is 9.84. The van der Waals surface area contributed by atoms with E-state index < -0.39 is 11.8 Å². The molecule has 0 unspecified atom stereocenters. The summed E-state index contributed by atoms with van der Waals surface area (Å²) in [6.07, 6.45) is 0.145. The molecule has 4 rings (SSSR count). The molecule has 0 fully saturated rings. The molecule has 0 aliphatic rings. The third kappa shape index (κ3) is 11.2. The molecule has 0 saturated heterocycles. The van der Waals surface area contributed by atoms with Gasteiger partial charge < -0.3 is 0 Å². The SMILES string of the molecule is CC(C)(C)c1ccc(C(=O)NNC(=O)C(=C=O)Cc2ccccc2)cc1.c1ccc([CH2][Sn][CH2]c2ccccc2)cc1. The number of hydrazine groups is 1. The Hall–Kier alpha value is -3.93. The van der Waals surface area contributed by atoms with Crippen molar-refractivity contribution >= 4 is 38.9 Å². The summed E-state index contributed by atoms with van der Waals surface area (Å²) in [5.74, 6) is 0.509. The molecule has 6 heteroatoms. The van der Waals surface area contributed by atoms with Crippen molar-refractivity contribution in [1.82, 2.24) is 10.9 Å². The van der Waals surface area contributed by atoms with E-state index in [0.717, 1.165) is 11.1 Å². The van der Waals surface area contributed by atoms with Crippen molar-refractivity contribution in [2.45, 2.75) is 41.5 Å². The van der Waals surface area contributed by atoms with Crippen LogP contribution in [-0.2, 0) is 30.3 Å². The predicted octanol–water partition coefficient (Wildman–Crippen LogP) is 5.84. The Labute approximate surface area is 253 Å². The number of amides is 2. The molecule has 0 bridgehead atoms. The van der Waals surface area contributed by atoms with Crippen LogP contribution in [-0.4, -0.2) is 38.9 Å². The Bertz CT molecular complexity index is 1390. The van der Waals surface area contributed by atoms with Crippen LogP contribution in [0.1, 0.15) is 53.4 Å². The molecule has 0 spiro atoms. The zero-order valence-corrected chi connectivity index (χ0v) is 26.7. The number of hydrogen-bond acceptors (Lipinski definition) is 3. The molecule has 0 aliphatic carbocycles. The van der Waals surface area contributed by atoms with Gasteiger partial charge in [-0.2, -0.15) is 0 Å². The van der Waals surface area contributed by atoms with Crippen LogP contribution < -0.4 is 10.9 Å². The number of nitrogens with one attached hydrogen (secondary N) is 2. The molecular weight excluding hydrogens is 615 g/mol. The van der Waals surface area contributed by atoms with Gasteiger partial charge in [-0.15, -0.1) is 0 Å². The topological polar surface area (TPSA) is 75.3 Å². The van der Waals surface area contributed by atoms with E-state index in [-0.39, 0.29) is 38.6 Å². The summed E-state index contributed by atoms with van der Waals surface area (Å²) in [6, 6.07) is 37.9. The molecule has 0 heterocycles. The Morgan fingerprint density at radius 3 is 1.56 bits per heavy atom. The fourth-order valence-electron chi connectivity index (χ4n) is 3.89. The monoisotopic (exact) mass is 652 g/mol. The van der Waals surface area contributed by atoms with Gasteiger partial charge in [0, 0.05) is 12.0 Å². The van der Waals surface area contributed by atoms with Crippen molar-refractivity contribution in [3.05, 3.63) is 149 Å². The van der Waals surface area contributed by atoms with E-state index in [1.165, 1.54) is 20.0 Å². The van der Waals surface area contributed by atoms with E-state index >= 15 is 0 Å². The zero-order chi connectivity index (χ0) is 29.5. The molecule has 0 atom stereocenters. The van der Waals surface area contributed by atoms with Crippen molar-refractivity contribution in [3.8, 4) is 0 Å². The van der Waals surface area contributed by atoms with Crippen molar-refractivity contribution in [1.29, 1.82) is 0 Å². The van der Waals surface area contributed by atoms with Gasteiger partial charge in [0.15, 0.2) is 0 Å². The second-order valence-electron chi connectivity index (χ2n) is 10.6. The third-order valence-electron chi connectivity index (χ3n) is 6.27. The molecule has 0 aromatic heterocycles. The second kappa shape index (κ2) is 16.4. The Balaban J connectivity index is 0.000000260. The summed E-state index contributed by atoms with van der Waals surface area (Å²) in [5, 5.41) is 0. The molecule has 2 radical (unpaired) electrons. The van der Waals surface area contributed by atoms with Crippen LogP contribution in [0.15, 0.2) is 121 Å². The Kier molecular flexibility index (Phi) is 12.6. The van der Waals surface area contributed by atoms with Crippen LogP contribution in [0.5, 0.6) is 0 Å². The Morgan fingerprint density at radius 1 is 0.659 bits per heavy atom. The van der Waals surface area contributed by atoms with Crippen molar-refractivity contribution in [2.24, 2.45) is 0 Å². The van der Waals surface area contributed by atoms with Gasteiger partial charge in [0.05, 0.1) is 0 Å². The van der Waals surface area contributed by atoms with Gasteiger partial charge in [-0.05, 0) is 28.7 Å².